The number of benzene rings is 1. The standard InChI is InChI=1S/C21H26N4O/c1-24-18(13-16-7-6-15(14-22)12-20(16)24)9-8-17-4-3-11-25(17)21(26)19-5-2-10-23-19/h6-7,12-13,17,19,23H,2-5,8-11H2,1H3/t17-,19+/m0/s1. The molecule has 2 atom stereocenters. The molecule has 1 aromatic carbocycles. The van der Waals surface area contributed by atoms with Gasteiger partial charge in [0.1, 0.15) is 0 Å². The molecule has 1 amide bonds. The molecular weight excluding hydrogens is 324 g/mol. The predicted molar refractivity (Wildman–Crippen MR) is 102 cm³/mol. The summed E-state index contributed by atoms with van der Waals surface area (Å²) < 4.78 is 2.19. The highest BCUT2D eigenvalue weighted by Gasteiger charge is 2.33. The fraction of sp³-hybridized carbons (Fsp3) is 0.524. The molecule has 2 fully saturated rings. The first-order valence-electron chi connectivity index (χ1n) is 9.69. The number of carbonyl (C=O) groups is 1. The normalized spacial score (nSPS) is 22.8. The van der Waals surface area contributed by atoms with Crippen LogP contribution in [0.4, 0.5) is 0 Å². The van der Waals surface area contributed by atoms with Gasteiger partial charge in [0, 0.05) is 30.8 Å². The van der Waals surface area contributed by atoms with E-state index in [0.717, 1.165) is 57.1 Å². The Morgan fingerprint density at radius 2 is 2.19 bits per heavy atom. The molecule has 2 aliphatic rings. The van der Waals surface area contributed by atoms with E-state index >= 15 is 0 Å². The monoisotopic (exact) mass is 350 g/mol. The van der Waals surface area contributed by atoms with Crippen LogP contribution in [0, 0.1) is 11.3 Å². The molecule has 5 nitrogen and oxygen atoms in total. The topological polar surface area (TPSA) is 61.1 Å². The van der Waals surface area contributed by atoms with Crippen LogP contribution in [0.25, 0.3) is 10.9 Å². The van der Waals surface area contributed by atoms with Crippen molar-refractivity contribution in [1.82, 2.24) is 14.8 Å². The lowest BCUT2D eigenvalue weighted by Gasteiger charge is -2.27. The number of aromatic nitrogens is 1. The van der Waals surface area contributed by atoms with Crippen molar-refractivity contribution in [3.8, 4) is 6.07 Å². The minimum absolute atomic E-state index is 0.0395. The summed E-state index contributed by atoms with van der Waals surface area (Å²) in [6.45, 7) is 1.87. The molecular formula is C21H26N4O. The maximum Gasteiger partial charge on any atom is 0.239 e. The van der Waals surface area contributed by atoms with Crippen molar-refractivity contribution in [3.05, 3.63) is 35.5 Å². The highest BCUT2D eigenvalue weighted by atomic mass is 16.2. The zero-order chi connectivity index (χ0) is 18.1. The molecule has 0 saturated carbocycles. The van der Waals surface area contributed by atoms with Crippen molar-refractivity contribution in [3.63, 3.8) is 0 Å². The number of amides is 1. The van der Waals surface area contributed by atoms with Gasteiger partial charge in [-0.15, -0.1) is 0 Å². The number of nitriles is 1. The molecule has 0 aliphatic carbocycles. The maximum absolute atomic E-state index is 12.8. The summed E-state index contributed by atoms with van der Waals surface area (Å²) in [7, 11) is 2.07. The van der Waals surface area contributed by atoms with Crippen molar-refractivity contribution >= 4 is 16.8 Å². The number of aryl methyl sites for hydroxylation is 2. The van der Waals surface area contributed by atoms with Gasteiger partial charge in [0.25, 0.3) is 0 Å². The molecule has 2 aromatic rings. The van der Waals surface area contributed by atoms with Crippen LogP contribution in [-0.4, -0.2) is 40.5 Å². The van der Waals surface area contributed by atoms with Crippen molar-refractivity contribution in [2.45, 2.75) is 50.6 Å². The number of fused-ring (bicyclic) bond motifs is 1. The molecule has 1 aromatic heterocycles. The first kappa shape index (κ1) is 17.1. The second-order valence-electron chi connectivity index (χ2n) is 7.60. The fourth-order valence-electron chi connectivity index (χ4n) is 4.53. The van der Waals surface area contributed by atoms with Crippen LogP contribution in [0.15, 0.2) is 24.3 Å². The second kappa shape index (κ2) is 7.13. The molecule has 4 rings (SSSR count). The summed E-state index contributed by atoms with van der Waals surface area (Å²) in [5.41, 5.74) is 3.07. The zero-order valence-corrected chi connectivity index (χ0v) is 15.4. The van der Waals surface area contributed by atoms with Gasteiger partial charge in [-0.1, -0.05) is 6.07 Å². The maximum atomic E-state index is 12.8. The van der Waals surface area contributed by atoms with E-state index in [-0.39, 0.29) is 6.04 Å². The van der Waals surface area contributed by atoms with Gasteiger partial charge in [0.2, 0.25) is 5.91 Å². The number of nitrogens with one attached hydrogen (secondary N) is 1. The average molecular weight is 350 g/mol. The quantitative estimate of drug-likeness (QED) is 0.922. The lowest BCUT2D eigenvalue weighted by molar-refractivity contribution is -0.134. The second-order valence-corrected chi connectivity index (χ2v) is 7.60. The third-order valence-corrected chi connectivity index (χ3v) is 6.03. The van der Waals surface area contributed by atoms with E-state index in [4.69, 9.17) is 5.26 Å². The van der Waals surface area contributed by atoms with Crippen molar-refractivity contribution in [1.29, 1.82) is 5.26 Å². The van der Waals surface area contributed by atoms with Crippen molar-refractivity contribution in [2.24, 2.45) is 7.05 Å². The third-order valence-electron chi connectivity index (χ3n) is 6.03. The number of nitrogens with zero attached hydrogens (tertiary/aromatic N) is 3. The Labute approximate surface area is 154 Å². The van der Waals surface area contributed by atoms with Crippen LogP contribution in [0.2, 0.25) is 0 Å². The molecule has 136 valence electrons. The molecule has 5 heteroatoms. The highest BCUT2D eigenvalue weighted by Crippen LogP contribution is 2.26. The van der Waals surface area contributed by atoms with Crippen LogP contribution < -0.4 is 5.32 Å². The molecule has 26 heavy (non-hydrogen) atoms. The van der Waals surface area contributed by atoms with Gasteiger partial charge in [-0.2, -0.15) is 5.26 Å². The zero-order valence-electron chi connectivity index (χ0n) is 15.4. The molecule has 2 saturated heterocycles. The van der Waals surface area contributed by atoms with Crippen LogP contribution in [-0.2, 0) is 18.3 Å². The Morgan fingerprint density at radius 3 is 2.96 bits per heavy atom. The molecule has 0 unspecified atom stereocenters. The minimum Gasteiger partial charge on any atom is -0.348 e. The summed E-state index contributed by atoms with van der Waals surface area (Å²) in [6, 6.07) is 10.7. The van der Waals surface area contributed by atoms with Crippen LogP contribution in [0.1, 0.15) is 43.4 Å². The fourth-order valence-corrected chi connectivity index (χ4v) is 4.53. The van der Waals surface area contributed by atoms with E-state index in [1.54, 1.807) is 0 Å². The summed E-state index contributed by atoms with van der Waals surface area (Å²) in [6.07, 6.45) is 6.28. The summed E-state index contributed by atoms with van der Waals surface area (Å²) in [5, 5.41) is 13.6. The minimum atomic E-state index is 0.0395. The molecule has 2 aliphatic heterocycles. The molecule has 0 spiro atoms. The summed E-state index contributed by atoms with van der Waals surface area (Å²) in [5.74, 6) is 0.306. The van der Waals surface area contributed by atoms with E-state index in [0.29, 0.717) is 17.5 Å². The number of hydrogen-bond acceptors (Lipinski definition) is 3. The first-order chi connectivity index (χ1) is 12.7. The van der Waals surface area contributed by atoms with Crippen LogP contribution in [0.5, 0.6) is 0 Å². The van der Waals surface area contributed by atoms with Gasteiger partial charge in [-0.3, -0.25) is 4.79 Å². The molecule has 0 bridgehead atoms. The van der Waals surface area contributed by atoms with Gasteiger partial charge in [0.15, 0.2) is 0 Å². The third kappa shape index (κ3) is 3.10. The highest BCUT2D eigenvalue weighted by molar-refractivity contribution is 5.83. The van der Waals surface area contributed by atoms with E-state index < -0.39 is 0 Å². The van der Waals surface area contributed by atoms with E-state index in [2.05, 4.69) is 34.0 Å². The van der Waals surface area contributed by atoms with Gasteiger partial charge in [-0.05, 0) is 68.7 Å². The molecule has 1 N–H and O–H groups in total. The Bertz CT molecular complexity index is 857. The van der Waals surface area contributed by atoms with Gasteiger partial charge >= 0.3 is 0 Å². The van der Waals surface area contributed by atoms with Gasteiger partial charge < -0.3 is 14.8 Å². The Hall–Kier alpha value is -2.32. The van der Waals surface area contributed by atoms with Gasteiger partial charge in [0.05, 0.1) is 17.7 Å². The number of rotatable bonds is 4. The molecule has 0 radical (unpaired) electrons. The van der Waals surface area contributed by atoms with Crippen molar-refractivity contribution in [2.75, 3.05) is 13.1 Å². The van der Waals surface area contributed by atoms with E-state index in [1.807, 2.05) is 18.2 Å². The number of carbonyl (C=O) groups excluding carboxylic acids is 1. The van der Waals surface area contributed by atoms with E-state index in [1.165, 1.54) is 11.1 Å². The smallest absolute Gasteiger partial charge is 0.239 e. The Balaban J connectivity index is 1.46. The van der Waals surface area contributed by atoms with Gasteiger partial charge in [-0.25, -0.2) is 0 Å². The van der Waals surface area contributed by atoms with Crippen LogP contribution in [0.3, 0.4) is 0 Å². The van der Waals surface area contributed by atoms with Crippen LogP contribution >= 0.6 is 0 Å². The molecule has 3 heterocycles. The average Bonchev–Trinajstić information content (AvgIpc) is 3.40. The number of hydrogen-bond donors (Lipinski definition) is 1. The predicted octanol–water partition coefficient (Wildman–Crippen LogP) is 2.73. The largest absolute Gasteiger partial charge is 0.348 e. The van der Waals surface area contributed by atoms with E-state index in [9.17, 15) is 4.79 Å². The number of likely N-dealkylation sites (tertiary alicyclic amines) is 1. The van der Waals surface area contributed by atoms with Crippen molar-refractivity contribution < 1.29 is 4.79 Å². The lowest BCUT2D eigenvalue weighted by Crippen LogP contribution is -2.45. The lowest BCUT2D eigenvalue weighted by atomic mass is 10.1. The SMILES string of the molecule is Cn1c(CC[C@@H]2CCCN2C(=O)[C@H]2CCCN2)cc2ccc(C#N)cc21. The Morgan fingerprint density at radius 1 is 1.31 bits per heavy atom. The Kier molecular flexibility index (Phi) is 4.69. The summed E-state index contributed by atoms with van der Waals surface area (Å²) >= 11 is 0. The summed E-state index contributed by atoms with van der Waals surface area (Å²) in [4.78, 5) is 14.9. The first-order valence-corrected chi connectivity index (χ1v) is 9.69.